The Hall–Kier alpha value is -0.570. The highest BCUT2D eigenvalue weighted by Gasteiger charge is 2.02. The molecule has 1 rings (SSSR count). The van der Waals surface area contributed by atoms with Gasteiger partial charge in [0.05, 0.1) is 0 Å². The molecule has 0 saturated heterocycles. The van der Waals surface area contributed by atoms with E-state index in [0.717, 1.165) is 37.6 Å². The number of halogens is 1. The van der Waals surface area contributed by atoms with Crippen molar-refractivity contribution in [3.8, 4) is 0 Å². The second kappa shape index (κ2) is 8.51. The molecule has 0 aliphatic carbocycles. The molecule has 1 aromatic rings. The van der Waals surface area contributed by atoms with Gasteiger partial charge in [-0.2, -0.15) is 0 Å². The summed E-state index contributed by atoms with van der Waals surface area (Å²) < 4.78 is 5.29. The summed E-state index contributed by atoms with van der Waals surface area (Å²) in [6.45, 7) is 6.89. The Labute approximate surface area is 109 Å². The molecule has 0 aliphatic rings. The van der Waals surface area contributed by atoms with Crippen LogP contribution in [0.5, 0.6) is 0 Å². The summed E-state index contributed by atoms with van der Waals surface area (Å²) in [6, 6.07) is 8.54. The summed E-state index contributed by atoms with van der Waals surface area (Å²) in [7, 11) is 0. The van der Waals surface area contributed by atoms with Gasteiger partial charge in [-0.05, 0) is 50.9 Å². The van der Waals surface area contributed by atoms with Crippen LogP contribution in [0.2, 0.25) is 5.02 Å². The Bertz CT molecular complexity index is 300. The van der Waals surface area contributed by atoms with Gasteiger partial charge in [-0.15, -0.1) is 0 Å². The minimum absolute atomic E-state index is 0.484. The summed E-state index contributed by atoms with van der Waals surface area (Å²) in [5.74, 6) is 0. The van der Waals surface area contributed by atoms with Crippen molar-refractivity contribution in [1.29, 1.82) is 0 Å². The molecular formula is C14H22ClNO. The zero-order valence-corrected chi connectivity index (χ0v) is 11.5. The van der Waals surface area contributed by atoms with Crippen LogP contribution in [0.15, 0.2) is 24.3 Å². The van der Waals surface area contributed by atoms with Crippen LogP contribution < -0.4 is 5.32 Å². The summed E-state index contributed by atoms with van der Waals surface area (Å²) in [6.07, 6.45) is 2.10. The standard InChI is InChI=1S/C14H22ClNO/c1-3-17-10-4-9-16-12(2)11-13-5-7-14(15)8-6-13/h5-8,12,16H,3-4,9-11H2,1-2H3. The maximum atomic E-state index is 5.85. The molecular weight excluding hydrogens is 234 g/mol. The Kier molecular flexibility index (Phi) is 7.25. The number of hydrogen-bond acceptors (Lipinski definition) is 2. The molecule has 0 aromatic heterocycles. The van der Waals surface area contributed by atoms with E-state index in [1.54, 1.807) is 0 Å². The van der Waals surface area contributed by atoms with Crippen molar-refractivity contribution in [1.82, 2.24) is 5.32 Å². The molecule has 0 aliphatic heterocycles. The van der Waals surface area contributed by atoms with E-state index in [0.29, 0.717) is 6.04 Å². The van der Waals surface area contributed by atoms with Crippen molar-refractivity contribution >= 4 is 11.6 Å². The number of hydrogen-bond donors (Lipinski definition) is 1. The molecule has 0 heterocycles. The van der Waals surface area contributed by atoms with Gasteiger partial charge in [0, 0.05) is 24.3 Å². The van der Waals surface area contributed by atoms with Crippen LogP contribution in [-0.2, 0) is 11.2 Å². The van der Waals surface area contributed by atoms with Gasteiger partial charge in [0.15, 0.2) is 0 Å². The lowest BCUT2D eigenvalue weighted by molar-refractivity contribution is 0.144. The van der Waals surface area contributed by atoms with Crippen LogP contribution in [0.1, 0.15) is 25.8 Å². The summed E-state index contributed by atoms with van der Waals surface area (Å²) in [5, 5.41) is 4.29. The van der Waals surface area contributed by atoms with Gasteiger partial charge in [0.1, 0.15) is 0 Å². The first-order valence-electron chi connectivity index (χ1n) is 6.28. The first kappa shape index (κ1) is 14.5. The fraction of sp³-hybridized carbons (Fsp3) is 0.571. The Morgan fingerprint density at radius 2 is 2.00 bits per heavy atom. The zero-order chi connectivity index (χ0) is 12.5. The van der Waals surface area contributed by atoms with E-state index in [-0.39, 0.29) is 0 Å². The van der Waals surface area contributed by atoms with Gasteiger partial charge in [0.25, 0.3) is 0 Å². The highest BCUT2D eigenvalue weighted by Crippen LogP contribution is 2.10. The Morgan fingerprint density at radius 1 is 1.29 bits per heavy atom. The molecule has 0 fully saturated rings. The molecule has 96 valence electrons. The van der Waals surface area contributed by atoms with E-state index in [2.05, 4.69) is 24.4 Å². The second-order valence-electron chi connectivity index (χ2n) is 4.24. The maximum Gasteiger partial charge on any atom is 0.0477 e. The zero-order valence-electron chi connectivity index (χ0n) is 10.7. The average Bonchev–Trinajstić information content (AvgIpc) is 2.32. The van der Waals surface area contributed by atoms with Gasteiger partial charge in [0.2, 0.25) is 0 Å². The van der Waals surface area contributed by atoms with Crippen molar-refractivity contribution in [3.05, 3.63) is 34.9 Å². The van der Waals surface area contributed by atoms with E-state index < -0.39 is 0 Å². The van der Waals surface area contributed by atoms with Crippen molar-refractivity contribution in [2.45, 2.75) is 32.7 Å². The van der Waals surface area contributed by atoms with Crippen LogP contribution in [0.3, 0.4) is 0 Å². The third kappa shape index (κ3) is 6.67. The van der Waals surface area contributed by atoms with Gasteiger partial charge in [-0.25, -0.2) is 0 Å². The predicted octanol–water partition coefficient (Wildman–Crippen LogP) is 3.29. The summed E-state index contributed by atoms with van der Waals surface area (Å²) in [4.78, 5) is 0. The van der Waals surface area contributed by atoms with Gasteiger partial charge >= 0.3 is 0 Å². The first-order chi connectivity index (χ1) is 8.22. The molecule has 0 saturated carbocycles. The normalized spacial score (nSPS) is 12.6. The van der Waals surface area contributed by atoms with Crippen molar-refractivity contribution in [2.75, 3.05) is 19.8 Å². The monoisotopic (exact) mass is 255 g/mol. The van der Waals surface area contributed by atoms with Gasteiger partial charge in [-0.3, -0.25) is 0 Å². The minimum atomic E-state index is 0.484. The molecule has 1 unspecified atom stereocenters. The number of nitrogens with one attached hydrogen (secondary N) is 1. The Balaban J connectivity index is 2.16. The van der Waals surface area contributed by atoms with E-state index >= 15 is 0 Å². The Morgan fingerprint density at radius 3 is 2.65 bits per heavy atom. The summed E-state index contributed by atoms with van der Waals surface area (Å²) >= 11 is 5.85. The topological polar surface area (TPSA) is 21.3 Å². The molecule has 0 amide bonds. The molecule has 1 aromatic carbocycles. The average molecular weight is 256 g/mol. The van der Waals surface area contributed by atoms with Crippen molar-refractivity contribution < 1.29 is 4.74 Å². The molecule has 17 heavy (non-hydrogen) atoms. The molecule has 0 radical (unpaired) electrons. The van der Waals surface area contributed by atoms with Crippen LogP contribution in [0.25, 0.3) is 0 Å². The molecule has 2 nitrogen and oxygen atoms in total. The van der Waals surface area contributed by atoms with Crippen LogP contribution in [-0.4, -0.2) is 25.8 Å². The third-order valence-electron chi connectivity index (χ3n) is 2.62. The minimum Gasteiger partial charge on any atom is -0.382 e. The largest absolute Gasteiger partial charge is 0.382 e. The van der Waals surface area contributed by atoms with Crippen molar-refractivity contribution in [3.63, 3.8) is 0 Å². The quantitative estimate of drug-likeness (QED) is 0.720. The number of rotatable bonds is 8. The fourth-order valence-electron chi connectivity index (χ4n) is 1.71. The van der Waals surface area contributed by atoms with E-state index in [1.165, 1.54) is 5.56 Å². The molecule has 1 atom stereocenters. The van der Waals surface area contributed by atoms with Gasteiger partial charge in [-0.1, -0.05) is 23.7 Å². The predicted molar refractivity (Wildman–Crippen MR) is 73.7 cm³/mol. The lowest BCUT2D eigenvalue weighted by Gasteiger charge is -2.13. The van der Waals surface area contributed by atoms with Crippen LogP contribution in [0, 0.1) is 0 Å². The first-order valence-corrected chi connectivity index (χ1v) is 6.65. The highest BCUT2D eigenvalue weighted by atomic mass is 35.5. The summed E-state index contributed by atoms with van der Waals surface area (Å²) in [5.41, 5.74) is 1.32. The van der Waals surface area contributed by atoms with E-state index in [1.807, 2.05) is 19.1 Å². The smallest absolute Gasteiger partial charge is 0.0477 e. The number of benzene rings is 1. The second-order valence-corrected chi connectivity index (χ2v) is 4.67. The number of ether oxygens (including phenoxy) is 1. The van der Waals surface area contributed by atoms with Gasteiger partial charge < -0.3 is 10.1 Å². The maximum absolute atomic E-state index is 5.85. The third-order valence-corrected chi connectivity index (χ3v) is 2.87. The molecule has 0 bridgehead atoms. The van der Waals surface area contributed by atoms with E-state index in [9.17, 15) is 0 Å². The fourth-order valence-corrected chi connectivity index (χ4v) is 1.84. The molecule has 1 N–H and O–H groups in total. The molecule has 3 heteroatoms. The lowest BCUT2D eigenvalue weighted by Crippen LogP contribution is -2.29. The van der Waals surface area contributed by atoms with Crippen LogP contribution in [0.4, 0.5) is 0 Å². The highest BCUT2D eigenvalue weighted by molar-refractivity contribution is 6.30. The lowest BCUT2D eigenvalue weighted by atomic mass is 10.1. The van der Waals surface area contributed by atoms with Crippen LogP contribution >= 0.6 is 11.6 Å². The SMILES string of the molecule is CCOCCCNC(C)Cc1ccc(Cl)cc1. The molecule has 0 spiro atoms. The van der Waals surface area contributed by atoms with Crippen molar-refractivity contribution in [2.24, 2.45) is 0 Å². The van der Waals surface area contributed by atoms with E-state index in [4.69, 9.17) is 16.3 Å².